The van der Waals surface area contributed by atoms with Gasteiger partial charge in [-0.3, -0.25) is 4.79 Å². The van der Waals surface area contributed by atoms with Crippen LogP contribution in [0.1, 0.15) is 49.8 Å². The molecule has 0 saturated carbocycles. The number of para-hydroxylation sites is 1. The van der Waals surface area contributed by atoms with Crippen LogP contribution in [0.3, 0.4) is 0 Å². The Balaban J connectivity index is 2.15. The van der Waals surface area contributed by atoms with Crippen LogP contribution < -0.4 is 10.1 Å². The number of nitrogens with one attached hydrogen (secondary N) is 1. The van der Waals surface area contributed by atoms with E-state index in [-0.39, 0.29) is 5.91 Å². The van der Waals surface area contributed by atoms with Crippen molar-refractivity contribution >= 4 is 11.6 Å². The third-order valence-electron chi connectivity index (χ3n) is 3.98. The molecule has 2 aromatic rings. The molecule has 0 radical (unpaired) electrons. The Morgan fingerprint density at radius 2 is 1.71 bits per heavy atom. The zero-order valence-electron chi connectivity index (χ0n) is 15.2. The van der Waals surface area contributed by atoms with Crippen LogP contribution in [0.4, 0.5) is 5.69 Å². The largest absolute Gasteiger partial charge is 0.481 e. The van der Waals surface area contributed by atoms with Gasteiger partial charge in [-0.25, -0.2) is 0 Å². The SMILES string of the molecule is CC[C@@H](Oc1cc(C)cc(C)c1)C(=O)Nc1ccccc1C(C)C. The highest BCUT2D eigenvalue weighted by molar-refractivity contribution is 5.95. The first-order valence-corrected chi connectivity index (χ1v) is 8.55. The topological polar surface area (TPSA) is 38.3 Å². The fourth-order valence-corrected chi connectivity index (χ4v) is 2.81. The van der Waals surface area contributed by atoms with Crippen LogP contribution in [-0.2, 0) is 4.79 Å². The van der Waals surface area contributed by atoms with Gasteiger partial charge in [-0.2, -0.15) is 0 Å². The third-order valence-corrected chi connectivity index (χ3v) is 3.98. The minimum Gasteiger partial charge on any atom is -0.481 e. The second-order valence-electron chi connectivity index (χ2n) is 6.57. The van der Waals surface area contributed by atoms with E-state index in [1.54, 1.807) is 0 Å². The monoisotopic (exact) mass is 325 g/mol. The summed E-state index contributed by atoms with van der Waals surface area (Å²) in [6.45, 7) is 10.3. The van der Waals surface area contributed by atoms with Gasteiger partial charge in [-0.15, -0.1) is 0 Å². The summed E-state index contributed by atoms with van der Waals surface area (Å²) in [5.41, 5.74) is 4.25. The molecular formula is C21H27NO2. The van der Waals surface area contributed by atoms with Crippen molar-refractivity contribution in [3.05, 3.63) is 59.2 Å². The van der Waals surface area contributed by atoms with Crippen LogP contribution in [0.25, 0.3) is 0 Å². The molecule has 0 unspecified atom stereocenters. The van der Waals surface area contributed by atoms with Crippen LogP contribution in [0.5, 0.6) is 5.75 Å². The number of ether oxygens (including phenoxy) is 1. The van der Waals surface area contributed by atoms with Gasteiger partial charge in [0, 0.05) is 5.69 Å². The summed E-state index contributed by atoms with van der Waals surface area (Å²) in [5.74, 6) is 0.985. The first-order valence-electron chi connectivity index (χ1n) is 8.55. The highest BCUT2D eigenvalue weighted by atomic mass is 16.5. The fraction of sp³-hybridized carbons (Fsp3) is 0.381. The number of carbonyl (C=O) groups excluding carboxylic acids is 1. The molecule has 0 spiro atoms. The van der Waals surface area contributed by atoms with E-state index in [4.69, 9.17) is 4.74 Å². The second-order valence-corrected chi connectivity index (χ2v) is 6.57. The molecule has 0 aliphatic carbocycles. The molecule has 128 valence electrons. The van der Waals surface area contributed by atoms with E-state index >= 15 is 0 Å². The number of hydrogen-bond donors (Lipinski definition) is 1. The second kappa shape index (κ2) is 8.00. The van der Waals surface area contributed by atoms with E-state index in [9.17, 15) is 4.79 Å². The number of benzene rings is 2. The minimum atomic E-state index is -0.508. The third kappa shape index (κ3) is 4.60. The van der Waals surface area contributed by atoms with Crippen molar-refractivity contribution in [1.29, 1.82) is 0 Å². The lowest BCUT2D eigenvalue weighted by Gasteiger charge is -2.20. The van der Waals surface area contributed by atoms with E-state index in [1.807, 2.05) is 57.2 Å². The van der Waals surface area contributed by atoms with Gasteiger partial charge in [0.2, 0.25) is 0 Å². The van der Waals surface area contributed by atoms with Crippen molar-refractivity contribution in [3.8, 4) is 5.75 Å². The van der Waals surface area contributed by atoms with Crippen molar-refractivity contribution in [2.75, 3.05) is 5.32 Å². The van der Waals surface area contributed by atoms with Crippen LogP contribution in [0.15, 0.2) is 42.5 Å². The van der Waals surface area contributed by atoms with Crippen molar-refractivity contribution < 1.29 is 9.53 Å². The molecule has 1 amide bonds. The molecule has 3 nitrogen and oxygen atoms in total. The maximum Gasteiger partial charge on any atom is 0.265 e. The van der Waals surface area contributed by atoms with Gasteiger partial charge >= 0.3 is 0 Å². The summed E-state index contributed by atoms with van der Waals surface area (Å²) in [7, 11) is 0. The molecule has 0 fully saturated rings. The predicted molar refractivity (Wildman–Crippen MR) is 99.8 cm³/mol. The van der Waals surface area contributed by atoms with Gasteiger partial charge < -0.3 is 10.1 Å². The normalized spacial score (nSPS) is 12.1. The summed E-state index contributed by atoms with van der Waals surface area (Å²) in [4.78, 5) is 12.7. The van der Waals surface area contributed by atoms with Crippen LogP contribution in [0.2, 0.25) is 0 Å². The van der Waals surface area contributed by atoms with Crippen molar-refractivity contribution in [2.24, 2.45) is 0 Å². The van der Waals surface area contributed by atoms with Gasteiger partial charge in [0.1, 0.15) is 5.75 Å². The smallest absolute Gasteiger partial charge is 0.265 e. The van der Waals surface area contributed by atoms with E-state index < -0.39 is 6.10 Å². The Bertz CT molecular complexity index is 686. The highest BCUT2D eigenvalue weighted by Gasteiger charge is 2.20. The molecule has 0 aromatic heterocycles. The number of anilines is 1. The van der Waals surface area contributed by atoms with E-state index in [0.29, 0.717) is 12.3 Å². The Labute approximate surface area is 145 Å². The molecule has 24 heavy (non-hydrogen) atoms. The highest BCUT2D eigenvalue weighted by Crippen LogP contribution is 2.24. The molecule has 0 aliphatic heterocycles. The van der Waals surface area contributed by atoms with E-state index in [2.05, 4.69) is 25.2 Å². The lowest BCUT2D eigenvalue weighted by Crippen LogP contribution is -2.32. The zero-order chi connectivity index (χ0) is 17.7. The van der Waals surface area contributed by atoms with Gasteiger partial charge in [0.25, 0.3) is 5.91 Å². The average Bonchev–Trinajstić information content (AvgIpc) is 2.51. The average molecular weight is 325 g/mol. The number of amides is 1. The molecule has 2 aromatic carbocycles. The number of rotatable bonds is 6. The van der Waals surface area contributed by atoms with Gasteiger partial charge in [-0.1, -0.05) is 45.0 Å². The summed E-state index contributed by atoms with van der Waals surface area (Å²) >= 11 is 0. The summed E-state index contributed by atoms with van der Waals surface area (Å²) in [6, 6.07) is 13.9. The minimum absolute atomic E-state index is 0.107. The maximum absolute atomic E-state index is 12.7. The number of carbonyl (C=O) groups is 1. The summed E-state index contributed by atoms with van der Waals surface area (Å²) < 4.78 is 5.95. The van der Waals surface area contributed by atoms with Crippen molar-refractivity contribution in [1.82, 2.24) is 0 Å². The van der Waals surface area contributed by atoms with E-state index in [1.165, 1.54) is 0 Å². The Morgan fingerprint density at radius 3 is 2.29 bits per heavy atom. The molecular weight excluding hydrogens is 298 g/mol. The lowest BCUT2D eigenvalue weighted by molar-refractivity contribution is -0.122. The predicted octanol–water partition coefficient (Wildman–Crippen LogP) is 5.22. The van der Waals surface area contributed by atoms with E-state index in [0.717, 1.165) is 28.1 Å². The zero-order valence-corrected chi connectivity index (χ0v) is 15.2. The first kappa shape index (κ1) is 18.1. The standard InChI is InChI=1S/C21H27NO2/c1-6-20(24-17-12-15(4)11-16(5)13-17)21(23)22-19-10-8-7-9-18(19)14(2)3/h7-14,20H,6H2,1-5H3,(H,22,23)/t20-/m1/s1. The lowest BCUT2D eigenvalue weighted by atomic mass is 10.0. The quantitative estimate of drug-likeness (QED) is 0.790. The number of hydrogen-bond acceptors (Lipinski definition) is 2. The number of aryl methyl sites for hydroxylation is 2. The summed E-state index contributed by atoms with van der Waals surface area (Å²) in [5, 5.41) is 3.03. The Morgan fingerprint density at radius 1 is 1.08 bits per heavy atom. The fourth-order valence-electron chi connectivity index (χ4n) is 2.81. The Hall–Kier alpha value is -2.29. The molecule has 0 aliphatic rings. The summed E-state index contributed by atoms with van der Waals surface area (Å²) in [6.07, 6.45) is 0.106. The molecule has 2 rings (SSSR count). The molecule has 1 N–H and O–H groups in total. The van der Waals surface area contributed by atoms with Crippen LogP contribution >= 0.6 is 0 Å². The molecule has 0 heterocycles. The molecule has 0 saturated heterocycles. The van der Waals surface area contributed by atoms with Crippen molar-refractivity contribution in [2.45, 2.75) is 53.1 Å². The Kier molecular flexibility index (Phi) is 6.02. The first-order chi connectivity index (χ1) is 11.4. The maximum atomic E-state index is 12.7. The molecule has 1 atom stereocenters. The van der Waals surface area contributed by atoms with Gasteiger partial charge in [0.05, 0.1) is 0 Å². The van der Waals surface area contributed by atoms with Crippen LogP contribution in [-0.4, -0.2) is 12.0 Å². The van der Waals surface area contributed by atoms with Crippen molar-refractivity contribution in [3.63, 3.8) is 0 Å². The van der Waals surface area contributed by atoms with Gasteiger partial charge in [0.15, 0.2) is 6.10 Å². The molecule has 3 heteroatoms. The molecule has 0 bridgehead atoms. The van der Waals surface area contributed by atoms with Gasteiger partial charge in [-0.05, 0) is 61.1 Å². The van der Waals surface area contributed by atoms with Crippen LogP contribution in [0, 0.1) is 13.8 Å².